The van der Waals surface area contributed by atoms with Crippen molar-refractivity contribution in [3.05, 3.63) is 71.8 Å². The normalized spacial score (nSPS) is 12.2. The van der Waals surface area contributed by atoms with E-state index in [4.69, 9.17) is 0 Å². The van der Waals surface area contributed by atoms with Gasteiger partial charge < -0.3 is 0 Å². The minimum atomic E-state index is -0.118. The summed E-state index contributed by atoms with van der Waals surface area (Å²) in [7, 11) is 0. The summed E-state index contributed by atoms with van der Waals surface area (Å²) in [5, 5.41) is 0. The number of carbonyl (C=O) groups excluding carboxylic acids is 1. The van der Waals surface area contributed by atoms with E-state index < -0.39 is 0 Å². The number of carbonyl (C=O) groups is 1. The van der Waals surface area contributed by atoms with Crippen LogP contribution < -0.4 is 10.9 Å². The summed E-state index contributed by atoms with van der Waals surface area (Å²) in [6, 6.07) is 19.4. The Morgan fingerprint density at radius 3 is 2.00 bits per heavy atom. The molecule has 3 nitrogen and oxygen atoms in total. The van der Waals surface area contributed by atoms with Crippen LogP contribution in [0.3, 0.4) is 0 Å². The van der Waals surface area contributed by atoms with Crippen LogP contribution in [0, 0.1) is 5.92 Å². The molecule has 0 saturated heterocycles. The third kappa shape index (κ3) is 3.68. The van der Waals surface area contributed by atoms with E-state index in [0.717, 1.165) is 5.56 Å². The molecule has 0 bridgehead atoms. The van der Waals surface area contributed by atoms with Crippen LogP contribution in [0.25, 0.3) is 0 Å². The van der Waals surface area contributed by atoms with Gasteiger partial charge >= 0.3 is 0 Å². The molecule has 2 rings (SSSR count). The maximum Gasteiger partial charge on any atom is 0.265 e. The number of hydrogen-bond donors (Lipinski definition) is 2. The molecule has 2 aromatic rings. The first-order valence-corrected chi connectivity index (χ1v) is 6.84. The van der Waals surface area contributed by atoms with Gasteiger partial charge in [-0.2, -0.15) is 0 Å². The zero-order valence-corrected chi connectivity index (χ0v) is 11.8. The van der Waals surface area contributed by atoms with Crippen LogP contribution in [0.4, 0.5) is 0 Å². The Kier molecular flexibility index (Phi) is 4.91. The monoisotopic (exact) mass is 268 g/mol. The van der Waals surface area contributed by atoms with Crippen LogP contribution in [0.1, 0.15) is 35.8 Å². The Bertz CT molecular complexity index is 537. The predicted molar refractivity (Wildman–Crippen MR) is 81.1 cm³/mol. The van der Waals surface area contributed by atoms with Crippen LogP contribution >= 0.6 is 0 Å². The average Bonchev–Trinajstić information content (AvgIpc) is 2.49. The van der Waals surface area contributed by atoms with Crippen LogP contribution in [0.5, 0.6) is 0 Å². The molecule has 1 atom stereocenters. The number of hydrogen-bond acceptors (Lipinski definition) is 2. The molecule has 0 heterocycles. The Labute approximate surface area is 120 Å². The van der Waals surface area contributed by atoms with Gasteiger partial charge in [0.15, 0.2) is 0 Å². The van der Waals surface area contributed by atoms with Gasteiger partial charge in [0, 0.05) is 5.56 Å². The summed E-state index contributed by atoms with van der Waals surface area (Å²) in [6.45, 7) is 4.25. The zero-order valence-electron chi connectivity index (χ0n) is 11.8. The topological polar surface area (TPSA) is 41.1 Å². The van der Waals surface area contributed by atoms with Gasteiger partial charge in [-0.1, -0.05) is 62.4 Å². The second-order valence-corrected chi connectivity index (χ2v) is 5.10. The fraction of sp³-hybridized carbons (Fsp3) is 0.235. The first kappa shape index (κ1) is 14.3. The Balaban J connectivity index is 2.02. The second kappa shape index (κ2) is 6.87. The van der Waals surface area contributed by atoms with Crippen molar-refractivity contribution in [3.63, 3.8) is 0 Å². The highest BCUT2D eigenvalue weighted by molar-refractivity contribution is 5.93. The molecule has 0 aliphatic carbocycles. The summed E-state index contributed by atoms with van der Waals surface area (Å²) in [5.74, 6) is 0.251. The third-order valence-electron chi connectivity index (χ3n) is 3.20. The van der Waals surface area contributed by atoms with Crippen molar-refractivity contribution in [2.24, 2.45) is 5.92 Å². The Morgan fingerprint density at radius 1 is 0.900 bits per heavy atom. The molecule has 0 fully saturated rings. The largest absolute Gasteiger partial charge is 0.287 e. The van der Waals surface area contributed by atoms with Gasteiger partial charge in [0.25, 0.3) is 5.91 Å². The average molecular weight is 268 g/mol. The Morgan fingerprint density at radius 2 is 1.45 bits per heavy atom. The van der Waals surface area contributed by atoms with Crippen molar-refractivity contribution in [1.82, 2.24) is 10.9 Å². The van der Waals surface area contributed by atoms with Crippen LogP contribution in [0.2, 0.25) is 0 Å². The number of nitrogens with one attached hydrogen (secondary N) is 2. The van der Waals surface area contributed by atoms with Gasteiger partial charge in [0.2, 0.25) is 0 Å². The molecule has 0 aliphatic rings. The maximum absolute atomic E-state index is 12.0. The summed E-state index contributed by atoms with van der Waals surface area (Å²) in [4.78, 5) is 12.0. The quantitative estimate of drug-likeness (QED) is 0.817. The van der Waals surface area contributed by atoms with Crippen molar-refractivity contribution < 1.29 is 4.79 Å². The van der Waals surface area contributed by atoms with Crippen molar-refractivity contribution in [1.29, 1.82) is 0 Å². The summed E-state index contributed by atoms with van der Waals surface area (Å²) in [6.07, 6.45) is 0. The van der Waals surface area contributed by atoms with Crippen LogP contribution in [0.15, 0.2) is 60.7 Å². The molecule has 0 spiro atoms. The van der Waals surface area contributed by atoms with E-state index in [2.05, 4.69) is 36.8 Å². The van der Waals surface area contributed by atoms with E-state index in [-0.39, 0.29) is 11.9 Å². The first-order chi connectivity index (χ1) is 9.68. The predicted octanol–water partition coefficient (Wildman–Crippen LogP) is 3.32. The van der Waals surface area contributed by atoms with Crippen molar-refractivity contribution in [3.8, 4) is 0 Å². The highest BCUT2D eigenvalue weighted by Gasteiger charge is 2.16. The molecular weight excluding hydrogens is 248 g/mol. The molecule has 104 valence electrons. The molecule has 1 unspecified atom stereocenters. The lowest BCUT2D eigenvalue weighted by atomic mass is 9.97. The fourth-order valence-electron chi connectivity index (χ4n) is 2.10. The molecule has 0 aliphatic heterocycles. The molecular formula is C17H20N2O. The van der Waals surface area contributed by atoms with Crippen molar-refractivity contribution >= 4 is 5.91 Å². The Hall–Kier alpha value is -2.13. The lowest BCUT2D eigenvalue weighted by Crippen LogP contribution is -2.41. The maximum atomic E-state index is 12.0. The summed E-state index contributed by atoms with van der Waals surface area (Å²) in [5.41, 5.74) is 7.74. The highest BCUT2D eigenvalue weighted by atomic mass is 16.2. The van der Waals surface area contributed by atoms with E-state index in [0.29, 0.717) is 11.5 Å². The second-order valence-electron chi connectivity index (χ2n) is 5.10. The fourth-order valence-corrected chi connectivity index (χ4v) is 2.10. The van der Waals surface area contributed by atoms with Gasteiger partial charge in [-0.25, -0.2) is 5.43 Å². The third-order valence-corrected chi connectivity index (χ3v) is 3.20. The molecule has 3 heteroatoms. The molecule has 2 aromatic carbocycles. The highest BCUT2D eigenvalue weighted by Crippen LogP contribution is 2.20. The van der Waals surface area contributed by atoms with Gasteiger partial charge in [-0.05, 0) is 23.6 Å². The standard InChI is InChI=1S/C17H20N2O/c1-13(2)16(14-9-5-3-6-10-14)18-19-17(20)15-11-7-4-8-12-15/h3-13,16,18H,1-2H3,(H,19,20). The van der Waals surface area contributed by atoms with E-state index in [1.54, 1.807) is 12.1 Å². The number of rotatable bonds is 5. The lowest BCUT2D eigenvalue weighted by molar-refractivity contribution is 0.0919. The summed E-state index contributed by atoms with van der Waals surface area (Å²) >= 11 is 0. The lowest BCUT2D eigenvalue weighted by Gasteiger charge is -2.23. The van der Waals surface area contributed by atoms with Crippen LogP contribution in [-0.4, -0.2) is 5.91 Å². The zero-order chi connectivity index (χ0) is 14.4. The van der Waals surface area contributed by atoms with Crippen molar-refractivity contribution in [2.45, 2.75) is 19.9 Å². The van der Waals surface area contributed by atoms with E-state index in [1.165, 1.54) is 0 Å². The molecule has 0 aromatic heterocycles. The molecule has 0 saturated carbocycles. The van der Waals surface area contributed by atoms with E-state index in [1.807, 2.05) is 36.4 Å². The number of benzene rings is 2. The van der Waals surface area contributed by atoms with Gasteiger partial charge in [-0.3, -0.25) is 10.2 Å². The molecule has 0 radical (unpaired) electrons. The number of hydrazine groups is 1. The van der Waals surface area contributed by atoms with Crippen LogP contribution in [-0.2, 0) is 0 Å². The van der Waals surface area contributed by atoms with E-state index >= 15 is 0 Å². The molecule has 20 heavy (non-hydrogen) atoms. The van der Waals surface area contributed by atoms with Gasteiger partial charge in [0.05, 0.1) is 6.04 Å². The van der Waals surface area contributed by atoms with Gasteiger partial charge in [-0.15, -0.1) is 0 Å². The smallest absolute Gasteiger partial charge is 0.265 e. The minimum Gasteiger partial charge on any atom is -0.287 e. The number of amides is 1. The SMILES string of the molecule is CC(C)C(NNC(=O)c1ccccc1)c1ccccc1. The summed E-state index contributed by atoms with van der Waals surface area (Å²) < 4.78 is 0. The van der Waals surface area contributed by atoms with E-state index in [9.17, 15) is 4.79 Å². The first-order valence-electron chi connectivity index (χ1n) is 6.84. The van der Waals surface area contributed by atoms with Gasteiger partial charge in [0.1, 0.15) is 0 Å². The van der Waals surface area contributed by atoms with Crippen molar-refractivity contribution in [2.75, 3.05) is 0 Å². The minimum absolute atomic E-state index is 0.0869. The molecule has 1 amide bonds. The molecule has 2 N–H and O–H groups in total.